The SMILES string of the molecule is CCOC1=N/C(=C/c2ccc(N)cc2)SC1C. The van der Waals surface area contributed by atoms with Crippen LogP contribution < -0.4 is 5.73 Å². The zero-order chi connectivity index (χ0) is 12.3. The minimum atomic E-state index is 0.301. The lowest BCUT2D eigenvalue weighted by Gasteiger charge is -2.04. The normalized spacial score (nSPS) is 21.6. The molecule has 1 heterocycles. The van der Waals surface area contributed by atoms with Crippen molar-refractivity contribution >= 4 is 29.4 Å². The number of thioether (sulfide) groups is 1. The minimum absolute atomic E-state index is 0.301. The van der Waals surface area contributed by atoms with Gasteiger partial charge in [-0.15, -0.1) is 0 Å². The Balaban J connectivity index is 2.16. The summed E-state index contributed by atoms with van der Waals surface area (Å²) in [5.74, 6) is 0.819. The number of anilines is 1. The monoisotopic (exact) mass is 248 g/mol. The molecule has 2 rings (SSSR count). The highest BCUT2D eigenvalue weighted by Crippen LogP contribution is 2.33. The highest BCUT2D eigenvalue weighted by atomic mass is 32.2. The molecule has 0 amide bonds. The Bertz CT molecular complexity index is 451. The zero-order valence-corrected chi connectivity index (χ0v) is 10.8. The number of nitrogen functional groups attached to an aromatic ring is 1. The van der Waals surface area contributed by atoms with Gasteiger partial charge >= 0.3 is 0 Å². The van der Waals surface area contributed by atoms with Crippen LogP contribution in [0.25, 0.3) is 6.08 Å². The van der Waals surface area contributed by atoms with Gasteiger partial charge in [-0.25, -0.2) is 4.99 Å². The molecular weight excluding hydrogens is 232 g/mol. The molecule has 2 N–H and O–H groups in total. The predicted molar refractivity (Wildman–Crippen MR) is 74.9 cm³/mol. The number of nitrogens with zero attached hydrogens (tertiary/aromatic N) is 1. The molecule has 1 aromatic rings. The highest BCUT2D eigenvalue weighted by Gasteiger charge is 2.22. The van der Waals surface area contributed by atoms with E-state index in [1.165, 1.54) is 0 Å². The van der Waals surface area contributed by atoms with E-state index in [9.17, 15) is 0 Å². The van der Waals surface area contributed by atoms with E-state index < -0.39 is 0 Å². The molecule has 0 spiro atoms. The lowest BCUT2D eigenvalue weighted by molar-refractivity contribution is 0.321. The molecule has 0 saturated heterocycles. The molecule has 0 fully saturated rings. The number of aliphatic imine (C=N–C) groups is 1. The van der Waals surface area contributed by atoms with Gasteiger partial charge in [0.05, 0.1) is 11.9 Å². The fourth-order valence-electron chi connectivity index (χ4n) is 1.56. The molecule has 1 aliphatic heterocycles. The van der Waals surface area contributed by atoms with Gasteiger partial charge in [-0.05, 0) is 37.6 Å². The first-order valence-corrected chi connectivity index (χ1v) is 6.52. The first-order chi connectivity index (χ1) is 8.19. The molecule has 4 heteroatoms. The molecular formula is C13H16N2OS. The van der Waals surface area contributed by atoms with Gasteiger partial charge in [0, 0.05) is 5.69 Å². The Labute approximate surface area is 106 Å². The summed E-state index contributed by atoms with van der Waals surface area (Å²) in [5, 5.41) is 1.29. The van der Waals surface area contributed by atoms with Crippen LogP contribution in [0.15, 0.2) is 34.3 Å². The van der Waals surface area contributed by atoms with Gasteiger partial charge in [-0.3, -0.25) is 0 Å². The van der Waals surface area contributed by atoms with Crippen molar-refractivity contribution in [1.29, 1.82) is 0 Å². The second-order valence-electron chi connectivity index (χ2n) is 3.79. The summed E-state index contributed by atoms with van der Waals surface area (Å²) in [7, 11) is 0. The van der Waals surface area contributed by atoms with Crippen molar-refractivity contribution in [3.05, 3.63) is 34.9 Å². The Kier molecular flexibility index (Phi) is 3.74. The Morgan fingerprint density at radius 1 is 1.41 bits per heavy atom. The standard InChI is InChI=1S/C13H16N2OS/c1-3-16-13-9(2)17-12(15-13)8-10-4-6-11(14)7-5-10/h4-9H,3,14H2,1-2H3/b12-8-. The van der Waals surface area contributed by atoms with Crippen LogP contribution in [0.4, 0.5) is 5.69 Å². The van der Waals surface area contributed by atoms with Crippen LogP contribution >= 0.6 is 11.8 Å². The van der Waals surface area contributed by atoms with E-state index in [4.69, 9.17) is 10.5 Å². The third-order valence-corrected chi connectivity index (χ3v) is 3.39. The third kappa shape index (κ3) is 3.03. The van der Waals surface area contributed by atoms with Crippen molar-refractivity contribution in [2.24, 2.45) is 4.99 Å². The van der Waals surface area contributed by atoms with Crippen molar-refractivity contribution in [2.75, 3.05) is 12.3 Å². The molecule has 0 aliphatic carbocycles. The zero-order valence-electron chi connectivity index (χ0n) is 10.0. The van der Waals surface area contributed by atoms with Gasteiger partial charge in [-0.1, -0.05) is 23.9 Å². The largest absolute Gasteiger partial charge is 0.480 e. The molecule has 17 heavy (non-hydrogen) atoms. The van der Waals surface area contributed by atoms with Gasteiger partial charge in [0.2, 0.25) is 5.90 Å². The van der Waals surface area contributed by atoms with E-state index in [1.54, 1.807) is 11.8 Å². The molecule has 0 radical (unpaired) electrons. The van der Waals surface area contributed by atoms with Crippen molar-refractivity contribution in [3.63, 3.8) is 0 Å². The average Bonchev–Trinajstić information content (AvgIpc) is 2.63. The molecule has 0 bridgehead atoms. The van der Waals surface area contributed by atoms with Crippen molar-refractivity contribution in [2.45, 2.75) is 19.1 Å². The smallest absolute Gasteiger partial charge is 0.202 e. The summed E-state index contributed by atoms with van der Waals surface area (Å²) in [4.78, 5) is 4.46. The Hall–Kier alpha value is -1.42. The van der Waals surface area contributed by atoms with Gasteiger partial charge in [0.1, 0.15) is 5.03 Å². The molecule has 1 unspecified atom stereocenters. The van der Waals surface area contributed by atoms with E-state index >= 15 is 0 Å². The number of hydrogen-bond donors (Lipinski definition) is 1. The number of nitrogens with two attached hydrogens (primary N) is 1. The van der Waals surface area contributed by atoms with Gasteiger partial charge in [0.25, 0.3) is 0 Å². The highest BCUT2D eigenvalue weighted by molar-refractivity contribution is 8.04. The molecule has 0 aromatic heterocycles. The topological polar surface area (TPSA) is 47.6 Å². The van der Waals surface area contributed by atoms with Crippen molar-refractivity contribution < 1.29 is 4.74 Å². The Morgan fingerprint density at radius 3 is 2.76 bits per heavy atom. The summed E-state index contributed by atoms with van der Waals surface area (Å²) >= 11 is 1.71. The van der Waals surface area contributed by atoms with E-state index in [2.05, 4.69) is 11.9 Å². The van der Waals surface area contributed by atoms with E-state index in [1.807, 2.05) is 37.3 Å². The fourth-order valence-corrected chi connectivity index (χ4v) is 2.49. The van der Waals surface area contributed by atoms with E-state index in [0.29, 0.717) is 11.9 Å². The second kappa shape index (κ2) is 5.27. The maximum Gasteiger partial charge on any atom is 0.202 e. The molecule has 1 aliphatic rings. The van der Waals surface area contributed by atoms with Crippen LogP contribution in [0.3, 0.4) is 0 Å². The minimum Gasteiger partial charge on any atom is -0.480 e. The predicted octanol–water partition coefficient (Wildman–Crippen LogP) is 3.14. The number of ether oxygens (including phenoxy) is 1. The van der Waals surface area contributed by atoms with Gasteiger partial charge < -0.3 is 10.5 Å². The van der Waals surface area contributed by atoms with Gasteiger partial charge in [-0.2, -0.15) is 0 Å². The van der Waals surface area contributed by atoms with E-state index in [0.717, 1.165) is 22.2 Å². The second-order valence-corrected chi connectivity index (χ2v) is 5.15. The summed E-state index contributed by atoms with van der Waals surface area (Å²) in [5.41, 5.74) is 7.53. The van der Waals surface area contributed by atoms with Crippen molar-refractivity contribution in [3.8, 4) is 0 Å². The van der Waals surface area contributed by atoms with E-state index in [-0.39, 0.29) is 0 Å². The van der Waals surface area contributed by atoms with Crippen LogP contribution in [0.1, 0.15) is 19.4 Å². The molecule has 3 nitrogen and oxygen atoms in total. The quantitative estimate of drug-likeness (QED) is 0.818. The van der Waals surface area contributed by atoms with Crippen LogP contribution in [-0.4, -0.2) is 17.8 Å². The summed E-state index contributed by atoms with van der Waals surface area (Å²) in [6, 6.07) is 7.76. The average molecular weight is 248 g/mol. The summed E-state index contributed by atoms with van der Waals surface area (Å²) < 4.78 is 5.47. The first kappa shape index (κ1) is 12.0. The fraction of sp³-hybridized carbons (Fsp3) is 0.308. The number of hydrogen-bond acceptors (Lipinski definition) is 4. The Morgan fingerprint density at radius 2 is 2.12 bits per heavy atom. The summed E-state index contributed by atoms with van der Waals surface area (Å²) in [6.07, 6.45) is 2.05. The van der Waals surface area contributed by atoms with Crippen LogP contribution in [0.5, 0.6) is 0 Å². The first-order valence-electron chi connectivity index (χ1n) is 5.64. The maximum atomic E-state index is 5.65. The molecule has 90 valence electrons. The van der Waals surface area contributed by atoms with Crippen LogP contribution in [-0.2, 0) is 4.74 Å². The maximum absolute atomic E-state index is 5.65. The molecule has 1 aromatic carbocycles. The summed E-state index contributed by atoms with van der Waals surface area (Å²) in [6.45, 7) is 4.74. The van der Waals surface area contributed by atoms with Gasteiger partial charge in [0.15, 0.2) is 0 Å². The van der Waals surface area contributed by atoms with Crippen LogP contribution in [0.2, 0.25) is 0 Å². The lowest BCUT2D eigenvalue weighted by atomic mass is 10.2. The molecule has 1 atom stereocenters. The van der Waals surface area contributed by atoms with Crippen LogP contribution in [0, 0.1) is 0 Å². The number of rotatable bonds is 2. The third-order valence-electron chi connectivity index (χ3n) is 2.38. The lowest BCUT2D eigenvalue weighted by Crippen LogP contribution is -2.12. The molecule has 0 saturated carbocycles. The van der Waals surface area contributed by atoms with Crippen molar-refractivity contribution in [1.82, 2.24) is 0 Å². The number of benzene rings is 1.